The van der Waals surface area contributed by atoms with Crippen molar-refractivity contribution < 1.29 is 4.79 Å². The van der Waals surface area contributed by atoms with E-state index in [2.05, 4.69) is 21.2 Å². The number of halogens is 2. The zero-order valence-corrected chi connectivity index (χ0v) is 12.0. The molecule has 84 valence electrons. The third-order valence-corrected chi connectivity index (χ3v) is 4.70. The second-order valence-corrected chi connectivity index (χ2v) is 7.25. The van der Waals surface area contributed by atoms with Crippen molar-refractivity contribution in [2.24, 2.45) is 0 Å². The first-order chi connectivity index (χ1) is 7.65. The summed E-state index contributed by atoms with van der Waals surface area (Å²) in [4.78, 5) is 13.4. The maximum absolute atomic E-state index is 11.7. The van der Waals surface area contributed by atoms with Crippen LogP contribution in [0.25, 0.3) is 0 Å². The van der Waals surface area contributed by atoms with Gasteiger partial charge >= 0.3 is 0 Å². The first-order valence-corrected chi connectivity index (χ1v) is 7.23. The van der Waals surface area contributed by atoms with Crippen molar-refractivity contribution in [2.75, 3.05) is 0 Å². The Bertz CT molecular complexity index is 508. The molecule has 6 heteroatoms. The molecule has 0 unspecified atom stereocenters. The first kappa shape index (κ1) is 12.1. The monoisotopic (exact) mass is 335 g/mol. The van der Waals surface area contributed by atoms with E-state index in [0.717, 1.165) is 8.66 Å². The topological polar surface area (TPSA) is 29.1 Å². The molecule has 16 heavy (non-hydrogen) atoms. The van der Waals surface area contributed by atoms with Gasteiger partial charge in [-0.25, -0.2) is 0 Å². The molecule has 0 bridgehead atoms. The van der Waals surface area contributed by atoms with E-state index in [1.165, 1.54) is 11.3 Å². The number of carbonyl (C=O) groups is 1. The van der Waals surface area contributed by atoms with Gasteiger partial charge in [0.15, 0.2) is 0 Å². The van der Waals surface area contributed by atoms with Crippen LogP contribution in [-0.4, -0.2) is 5.91 Å². The van der Waals surface area contributed by atoms with E-state index in [1.54, 1.807) is 23.5 Å². The van der Waals surface area contributed by atoms with Crippen LogP contribution < -0.4 is 5.32 Å². The molecule has 2 rings (SSSR count). The highest BCUT2D eigenvalue weighted by molar-refractivity contribution is 9.11. The van der Waals surface area contributed by atoms with Gasteiger partial charge in [0.25, 0.3) is 5.91 Å². The molecule has 0 aromatic carbocycles. The van der Waals surface area contributed by atoms with Crippen molar-refractivity contribution in [2.45, 2.75) is 6.54 Å². The number of hydrogen-bond acceptors (Lipinski definition) is 3. The lowest BCUT2D eigenvalue weighted by atomic mass is 10.4. The van der Waals surface area contributed by atoms with E-state index in [1.807, 2.05) is 12.1 Å². The fraction of sp³-hybridized carbons (Fsp3) is 0.100. The van der Waals surface area contributed by atoms with Crippen molar-refractivity contribution >= 4 is 56.1 Å². The maximum atomic E-state index is 11.7. The standard InChI is InChI=1S/C10H7BrClNOS2/c11-8-3-1-6(15-8)5-13-10(14)7-2-4-9(12)16-7/h1-4H,5H2,(H,13,14). The van der Waals surface area contributed by atoms with E-state index in [4.69, 9.17) is 11.6 Å². The largest absolute Gasteiger partial charge is 0.346 e. The first-order valence-electron chi connectivity index (χ1n) is 4.43. The summed E-state index contributed by atoms with van der Waals surface area (Å²) >= 11 is 12.0. The minimum atomic E-state index is -0.0820. The van der Waals surface area contributed by atoms with Crippen LogP contribution in [0, 0.1) is 0 Å². The highest BCUT2D eigenvalue weighted by Crippen LogP contribution is 2.23. The van der Waals surface area contributed by atoms with Crippen LogP contribution >= 0.6 is 50.2 Å². The molecule has 1 N–H and O–H groups in total. The number of rotatable bonds is 3. The van der Waals surface area contributed by atoms with Gasteiger partial charge in [0, 0.05) is 4.88 Å². The number of carbonyl (C=O) groups excluding carboxylic acids is 1. The molecule has 0 spiro atoms. The summed E-state index contributed by atoms with van der Waals surface area (Å²) in [5.41, 5.74) is 0. The summed E-state index contributed by atoms with van der Waals surface area (Å²) < 4.78 is 1.69. The second kappa shape index (κ2) is 5.31. The molecule has 0 radical (unpaired) electrons. The minimum Gasteiger partial charge on any atom is -0.346 e. The summed E-state index contributed by atoms with van der Waals surface area (Å²) in [6.07, 6.45) is 0. The van der Waals surface area contributed by atoms with Gasteiger partial charge in [0.05, 0.1) is 19.5 Å². The predicted molar refractivity (Wildman–Crippen MR) is 72.5 cm³/mol. The zero-order chi connectivity index (χ0) is 11.5. The van der Waals surface area contributed by atoms with Crippen molar-refractivity contribution in [3.05, 3.63) is 42.1 Å². The molecule has 0 saturated carbocycles. The van der Waals surface area contributed by atoms with Crippen LogP contribution in [0.1, 0.15) is 14.5 Å². The van der Waals surface area contributed by atoms with Crippen LogP contribution in [0.4, 0.5) is 0 Å². The quantitative estimate of drug-likeness (QED) is 0.896. The van der Waals surface area contributed by atoms with E-state index >= 15 is 0 Å². The molecule has 2 heterocycles. The van der Waals surface area contributed by atoms with Gasteiger partial charge in [-0.3, -0.25) is 4.79 Å². The molecule has 1 amide bonds. The normalized spacial score (nSPS) is 10.4. The average molecular weight is 337 g/mol. The highest BCUT2D eigenvalue weighted by atomic mass is 79.9. The van der Waals surface area contributed by atoms with Crippen molar-refractivity contribution in [3.8, 4) is 0 Å². The molecular weight excluding hydrogens is 330 g/mol. The van der Waals surface area contributed by atoms with Crippen molar-refractivity contribution in [3.63, 3.8) is 0 Å². The molecule has 0 fully saturated rings. The summed E-state index contributed by atoms with van der Waals surface area (Å²) in [5, 5.41) is 2.84. The van der Waals surface area contributed by atoms with Gasteiger partial charge in [-0.2, -0.15) is 0 Å². The third kappa shape index (κ3) is 3.07. The Labute approximate surface area is 114 Å². The Hall–Kier alpha value is -0.360. The van der Waals surface area contributed by atoms with Crippen LogP contribution in [0.5, 0.6) is 0 Å². The second-order valence-electron chi connectivity index (χ2n) is 2.99. The lowest BCUT2D eigenvalue weighted by Gasteiger charge is -2.00. The maximum Gasteiger partial charge on any atom is 0.261 e. The number of hydrogen-bond donors (Lipinski definition) is 1. The molecule has 0 aliphatic rings. The summed E-state index contributed by atoms with van der Waals surface area (Å²) in [6.45, 7) is 0.546. The molecule has 2 aromatic rings. The summed E-state index contributed by atoms with van der Waals surface area (Å²) in [5.74, 6) is -0.0820. The number of amides is 1. The molecular formula is C10H7BrClNOS2. The zero-order valence-electron chi connectivity index (χ0n) is 8.00. The Morgan fingerprint density at radius 2 is 2.12 bits per heavy atom. The molecule has 2 nitrogen and oxygen atoms in total. The van der Waals surface area contributed by atoms with Gasteiger partial charge in [-0.05, 0) is 40.2 Å². The Kier molecular flexibility index (Phi) is 4.02. The molecule has 0 aliphatic carbocycles. The average Bonchev–Trinajstić information content (AvgIpc) is 2.84. The Balaban J connectivity index is 1.93. The van der Waals surface area contributed by atoms with Crippen LogP contribution in [0.15, 0.2) is 28.1 Å². The van der Waals surface area contributed by atoms with Crippen molar-refractivity contribution in [1.82, 2.24) is 5.32 Å². The fourth-order valence-corrected chi connectivity index (χ4v) is 3.52. The van der Waals surface area contributed by atoms with E-state index in [0.29, 0.717) is 15.8 Å². The third-order valence-electron chi connectivity index (χ3n) is 1.85. The summed E-state index contributed by atoms with van der Waals surface area (Å²) in [7, 11) is 0. The SMILES string of the molecule is O=C(NCc1ccc(Br)s1)c1ccc(Cl)s1. The Morgan fingerprint density at radius 3 is 2.69 bits per heavy atom. The van der Waals surface area contributed by atoms with Crippen molar-refractivity contribution in [1.29, 1.82) is 0 Å². The molecule has 0 aliphatic heterocycles. The smallest absolute Gasteiger partial charge is 0.261 e. The number of thiophene rings is 2. The van der Waals surface area contributed by atoms with Gasteiger partial charge in [-0.15, -0.1) is 22.7 Å². The van der Waals surface area contributed by atoms with Gasteiger partial charge in [0.1, 0.15) is 0 Å². The fourth-order valence-electron chi connectivity index (χ4n) is 1.14. The number of nitrogens with one attached hydrogen (secondary N) is 1. The van der Waals surface area contributed by atoms with E-state index < -0.39 is 0 Å². The lowest BCUT2D eigenvalue weighted by molar-refractivity contribution is 0.0955. The molecule has 2 aromatic heterocycles. The van der Waals surface area contributed by atoms with E-state index in [-0.39, 0.29) is 5.91 Å². The molecule has 0 atom stereocenters. The van der Waals surface area contributed by atoms with Crippen LogP contribution in [0.2, 0.25) is 4.34 Å². The van der Waals surface area contributed by atoms with Crippen LogP contribution in [0.3, 0.4) is 0 Å². The van der Waals surface area contributed by atoms with Crippen LogP contribution in [-0.2, 0) is 6.54 Å². The predicted octanol–water partition coefficient (Wildman–Crippen LogP) is 4.16. The minimum absolute atomic E-state index is 0.0820. The van der Waals surface area contributed by atoms with Gasteiger partial charge in [0.2, 0.25) is 0 Å². The highest BCUT2D eigenvalue weighted by Gasteiger charge is 2.08. The molecule has 0 saturated heterocycles. The van der Waals surface area contributed by atoms with Gasteiger partial charge < -0.3 is 5.32 Å². The van der Waals surface area contributed by atoms with Gasteiger partial charge in [-0.1, -0.05) is 11.6 Å². The summed E-state index contributed by atoms with van der Waals surface area (Å²) in [6, 6.07) is 7.40. The van der Waals surface area contributed by atoms with E-state index in [9.17, 15) is 4.79 Å². The Morgan fingerprint density at radius 1 is 1.31 bits per heavy atom. The lowest BCUT2D eigenvalue weighted by Crippen LogP contribution is -2.21.